The van der Waals surface area contributed by atoms with Crippen molar-refractivity contribution in [2.75, 3.05) is 39.3 Å². The predicted molar refractivity (Wildman–Crippen MR) is 152 cm³/mol. The third kappa shape index (κ3) is 6.19. The lowest BCUT2D eigenvalue weighted by Crippen LogP contribution is -2.56. The molecule has 3 amide bonds. The Balaban J connectivity index is 1.65. The lowest BCUT2D eigenvalue weighted by atomic mass is 9.93. The smallest absolute Gasteiger partial charge is 0.338 e. The van der Waals surface area contributed by atoms with Crippen LogP contribution < -0.4 is 5.32 Å². The minimum atomic E-state index is -0.828. The van der Waals surface area contributed by atoms with Crippen molar-refractivity contribution in [3.05, 3.63) is 79.9 Å². The second-order valence-corrected chi connectivity index (χ2v) is 10.7. The van der Waals surface area contributed by atoms with Crippen LogP contribution in [-0.4, -0.2) is 78.0 Å². The Labute approximate surface area is 243 Å². The summed E-state index contributed by atoms with van der Waals surface area (Å²) in [5.74, 6) is -0.593. The van der Waals surface area contributed by atoms with E-state index in [1.807, 2.05) is 18.7 Å². The number of esters is 1. The molecule has 0 bridgehead atoms. The second kappa shape index (κ2) is 12.6. The molecule has 208 valence electrons. The van der Waals surface area contributed by atoms with Gasteiger partial charge in [-0.1, -0.05) is 46.9 Å². The number of piperazine rings is 1. The normalized spacial score (nSPS) is 20.2. The molecule has 0 aromatic heterocycles. The number of carbonyl (C=O) groups excluding carboxylic acids is 3. The maximum absolute atomic E-state index is 13.4. The van der Waals surface area contributed by atoms with Crippen LogP contribution in [0.4, 0.5) is 4.79 Å². The maximum atomic E-state index is 13.4. The fraction of sp³-hybridized carbons (Fsp3) is 0.393. The molecule has 2 aromatic rings. The minimum absolute atomic E-state index is 0.0619. The predicted octanol–water partition coefficient (Wildman–Crippen LogP) is 5.40. The van der Waals surface area contributed by atoms with E-state index in [2.05, 4.69) is 10.2 Å². The Morgan fingerprint density at radius 2 is 1.77 bits per heavy atom. The lowest BCUT2D eigenvalue weighted by Gasteiger charge is -2.43. The molecule has 39 heavy (non-hydrogen) atoms. The molecular weight excluding hydrogens is 563 g/mol. The summed E-state index contributed by atoms with van der Waals surface area (Å²) in [5, 5.41) is 4.07. The molecule has 0 unspecified atom stereocenters. The Kier molecular flexibility index (Phi) is 9.43. The third-order valence-electron chi connectivity index (χ3n) is 6.98. The molecular formula is C28H31Cl3N4O4. The van der Waals surface area contributed by atoms with E-state index in [1.165, 1.54) is 0 Å². The number of likely N-dealkylation sites (N-methyl/N-ethyl adjacent to an activating group) is 1. The molecule has 1 saturated heterocycles. The van der Waals surface area contributed by atoms with Crippen molar-refractivity contribution in [2.24, 2.45) is 0 Å². The maximum Gasteiger partial charge on any atom is 0.338 e. The average molecular weight is 594 g/mol. The van der Waals surface area contributed by atoms with Gasteiger partial charge in [0.15, 0.2) is 0 Å². The van der Waals surface area contributed by atoms with Gasteiger partial charge in [0.1, 0.15) is 0 Å². The van der Waals surface area contributed by atoms with Crippen LogP contribution in [0, 0.1) is 0 Å². The fourth-order valence-corrected chi connectivity index (χ4v) is 5.63. The average Bonchev–Trinajstić information content (AvgIpc) is 2.90. The van der Waals surface area contributed by atoms with Gasteiger partial charge in [0.25, 0.3) is 5.91 Å². The van der Waals surface area contributed by atoms with Gasteiger partial charge in [-0.3, -0.25) is 14.6 Å². The molecule has 0 saturated carbocycles. The summed E-state index contributed by atoms with van der Waals surface area (Å²) in [7, 11) is 0. The summed E-state index contributed by atoms with van der Waals surface area (Å²) in [5.41, 5.74) is 1.95. The van der Waals surface area contributed by atoms with Crippen LogP contribution in [0.25, 0.3) is 0 Å². The first-order valence-electron chi connectivity index (χ1n) is 12.9. The van der Waals surface area contributed by atoms with E-state index < -0.39 is 12.0 Å². The number of hydrogen-bond donors (Lipinski definition) is 1. The Bertz CT molecular complexity index is 1280. The number of ether oxygens (including phenoxy) is 1. The Morgan fingerprint density at radius 3 is 2.41 bits per heavy atom. The molecule has 2 aliphatic rings. The van der Waals surface area contributed by atoms with E-state index in [0.29, 0.717) is 65.2 Å². The summed E-state index contributed by atoms with van der Waals surface area (Å²) in [6.45, 7) is 8.02. The number of amides is 3. The van der Waals surface area contributed by atoms with E-state index in [9.17, 15) is 14.4 Å². The number of nitrogens with zero attached hydrogens (tertiary/aromatic N) is 3. The molecule has 1 fully saturated rings. The van der Waals surface area contributed by atoms with Gasteiger partial charge in [0.2, 0.25) is 0 Å². The summed E-state index contributed by atoms with van der Waals surface area (Å²) in [6, 6.07) is 10.7. The molecule has 1 N–H and O–H groups in total. The van der Waals surface area contributed by atoms with Gasteiger partial charge in [-0.05, 0) is 56.7 Å². The largest absolute Gasteiger partial charge is 0.463 e. The topological polar surface area (TPSA) is 82.2 Å². The van der Waals surface area contributed by atoms with Crippen molar-refractivity contribution in [1.82, 2.24) is 20.0 Å². The van der Waals surface area contributed by atoms with Crippen molar-refractivity contribution in [1.29, 1.82) is 0 Å². The van der Waals surface area contributed by atoms with Crippen LogP contribution in [-0.2, 0) is 9.53 Å². The number of hydrogen-bond acceptors (Lipinski definition) is 5. The molecule has 2 atom stereocenters. The number of nitrogens with one attached hydrogen (secondary N) is 1. The van der Waals surface area contributed by atoms with Gasteiger partial charge < -0.3 is 15.0 Å². The molecule has 2 aromatic carbocycles. The third-order valence-corrected chi connectivity index (χ3v) is 8.06. The fourth-order valence-electron chi connectivity index (χ4n) is 5.08. The molecule has 2 heterocycles. The minimum Gasteiger partial charge on any atom is -0.463 e. The number of halogens is 3. The van der Waals surface area contributed by atoms with Crippen molar-refractivity contribution >= 4 is 52.7 Å². The Morgan fingerprint density at radius 1 is 1.05 bits per heavy atom. The first-order valence-corrected chi connectivity index (χ1v) is 14.0. The van der Waals surface area contributed by atoms with E-state index in [4.69, 9.17) is 39.5 Å². The van der Waals surface area contributed by atoms with Crippen LogP contribution in [0.3, 0.4) is 0 Å². The van der Waals surface area contributed by atoms with Gasteiger partial charge in [-0.15, -0.1) is 0 Å². The van der Waals surface area contributed by atoms with Crippen molar-refractivity contribution in [3.63, 3.8) is 0 Å². The highest BCUT2D eigenvalue weighted by atomic mass is 35.5. The lowest BCUT2D eigenvalue weighted by molar-refractivity contribution is -0.139. The molecule has 4 rings (SSSR count). The first-order chi connectivity index (χ1) is 18.7. The molecule has 0 spiro atoms. The van der Waals surface area contributed by atoms with E-state index >= 15 is 0 Å². The van der Waals surface area contributed by atoms with E-state index in [-0.39, 0.29) is 29.6 Å². The standard InChI is InChI=1S/C28H31Cl3N4O4/c1-4-34-22(16-33-13-14-35(17(3)15-33)26(36)18-9-11-19(29)12-10-18)23(27(37)39-5-2)25(32-28(34)38)20-7-6-8-21(30)24(20)31/h6-12,17,25H,4-5,13-16H2,1-3H3,(H,32,38)/t17-,25+/m0/s1. The van der Waals surface area contributed by atoms with Gasteiger partial charge in [0, 0.05) is 55.0 Å². The van der Waals surface area contributed by atoms with Gasteiger partial charge in [0.05, 0.1) is 28.3 Å². The highest BCUT2D eigenvalue weighted by molar-refractivity contribution is 6.42. The van der Waals surface area contributed by atoms with Crippen LogP contribution >= 0.6 is 34.8 Å². The SMILES string of the molecule is CCOC(=O)C1=C(CN2CCN(C(=O)c3ccc(Cl)cc3)[C@@H](C)C2)N(CC)C(=O)N[C@@H]1c1cccc(Cl)c1Cl. The van der Waals surface area contributed by atoms with Crippen molar-refractivity contribution in [2.45, 2.75) is 32.9 Å². The summed E-state index contributed by atoms with van der Waals surface area (Å²) in [6.07, 6.45) is 0. The molecule has 8 nitrogen and oxygen atoms in total. The number of carbonyl (C=O) groups is 3. The second-order valence-electron chi connectivity index (χ2n) is 9.44. The van der Waals surface area contributed by atoms with Crippen LogP contribution in [0.1, 0.15) is 42.7 Å². The monoisotopic (exact) mass is 592 g/mol. The zero-order chi connectivity index (χ0) is 28.3. The van der Waals surface area contributed by atoms with E-state index in [1.54, 1.807) is 54.3 Å². The van der Waals surface area contributed by atoms with Crippen LogP contribution in [0.5, 0.6) is 0 Å². The van der Waals surface area contributed by atoms with E-state index in [0.717, 1.165) is 0 Å². The summed E-state index contributed by atoms with van der Waals surface area (Å²) in [4.78, 5) is 45.3. The molecule has 11 heteroatoms. The first kappa shape index (κ1) is 29.2. The van der Waals surface area contributed by atoms with Crippen LogP contribution in [0.15, 0.2) is 53.7 Å². The highest BCUT2D eigenvalue weighted by Gasteiger charge is 2.40. The molecule has 0 aliphatic carbocycles. The number of urea groups is 1. The summed E-state index contributed by atoms with van der Waals surface area (Å²) >= 11 is 18.8. The Hall–Kier alpha value is -2.78. The summed E-state index contributed by atoms with van der Waals surface area (Å²) < 4.78 is 5.45. The van der Waals surface area contributed by atoms with Crippen molar-refractivity contribution in [3.8, 4) is 0 Å². The van der Waals surface area contributed by atoms with Gasteiger partial charge in [-0.25, -0.2) is 9.59 Å². The quantitative estimate of drug-likeness (QED) is 0.435. The zero-order valence-electron chi connectivity index (χ0n) is 22.0. The number of benzene rings is 2. The van der Waals surface area contributed by atoms with Crippen molar-refractivity contribution < 1.29 is 19.1 Å². The zero-order valence-corrected chi connectivity index (χ0v) is 24.3. The van der Waals surface area contributed by atoms with Gasteiger partial charge in [-0.2, -0.15) is 0 Å². The highest BCUT2D eigenvalue weighted by Crippen LogP contribution is 2.38. The molecule has 2 aliphatic heterocycles. The van der Waals surface area contributed by atoms with Crippen LogP contribution in [0.2, 0.25) is 15.1 Å². The molecule has 0 radical (unpaired) electrons. The number of rotatable bonds is 7. The van der Waals surface area contributed by atoms with Gasteiger partial charge >= 0.3 is 12.0 Å².